The third-order valence-corrected chi connectivity index (χ3v) is 2.80. The molecular weight excluding hydrogens is 323 g/mol. The third kappa shape index (κ3) is 4.15. The van der Waals surface area contributed by atoms with E-state index in [1.165, 1.54) is 12.4 Å². The van der Waals surface area contributed by atoms with Crippen LogP contribution >= 0.6 is 0 Å². The normalized spacial score (nSPS) is 11.1. The molecule has 0 amide bonds. The first-order valence-corrected chi connectivity index (χ1v) is 6.72. The minimum Gasteiger partial charge on any atom is -0.406 e. The first kappa shape index (κ1) is 15.7. The molecule has 0 unspecified atom stereocenters. The Morgan fingerprint density at radius 3 is 2.54 bits per heavy atom. The Hall–Kier alpha value is -3.23. The van der Waals surface area contributed by atoms with Gasteiger partial charge in [-0.05, 0) is 24.3 Å². The number of hydrogen-bond acceptors (Lipinski definition) is 6. The molecule has 1 N–H and O–H groups in total. The second kappa shape index (κ2) is 6.49. The zero-order valence-electron chi connectivity index (χ0n) is 12.0. The highest BCUT2D eigenvalue weighted by atomic mass is 19.4. The van der Waals surface area contributed by atoms with Gasteiger partial charge in [0.25, 0.3) is 0 Å². The Balaban J connectivity index is 1.81. The van der Waals surface area contributed by atoms with E-state index in [2.05, 4.69) is 30.0 Å². The molecule has 6 nitrogen and oxygen atoms in total. The van der Waals surface area contributed by atoms with Gasteiger partial charge in [-0.1, -0.05) is 0 Å². The van der Waals surface area contributed by atoms with E-state index in [-0.39, 0.29) is 11.6 Å². The number of alkyl halides is 3. The van der Waals surface area contributed by atoms with E-state index in [9.17, 15) is 13.2 Å². The fourth-order valence-electron chi connectivity index (χ4n) is 1.87. The summed E-state index contributed by atoms with van der Waals surface area (Å²) in [5, 5.41) is 2.81. The molecule has 0 aliphatic carbocycles. The number of ether oxygens (including phenoxy) is 1. The predicted octanol–water partition coefficient (Wildman–Crippen LogP) is 3.58. The van der Waals surface area contributed by atoms with Crippen LogP contribution in [0.3, 0.4) is 0 Å². The fourth-order valence-corrected chi connectivity index (χ4v) is 1.87. The fraction of sp³-hybridized carbons (Fsp3) is 0.0667. The highest BCUT2D eigenvalue weighted by Gasteiger charge is 2.31. The Labute approximate surface area is 134 Å². The highest BCUT2D eigenvalue weighted by molar-refractivity contribution is 5.59. The summed E-state index contributed by atoms with van der Waals surface area (Å²) in [6.45, 7) is 0. The van der Waals surface area contributed by atoms with Crippen LogP contribution in [-0.4, -0.2) is 26.3 Å². The standard InChI is InChI=1S/C15H10F3N5O/c16-15(17,18)24-11-3-6-20-13(8-11)22-12-4-7-21-14(23-12)10-2-1-5-19-9-10/h1-9H,(H,20,21,22,23). The van der Waals surface area contributed by atoms with Crippen LogP contribution < -0.4 is 10.1 Å². The first-order chi connectivity index (χ1) is 11.5. The van der Waals surface area contributed by atoms with Gasteiger partial charge >= 0.3 is 6.36 Å². The van der Waals surface area contributed by atoms with E-state index in [0.717, 1.165) is 12.1 Å². The lowest BCUT2D eigenvalue weighted by Gasteiger charge is -2.10. The number of aromatic nitrogens is 4. The number of halogens is 3. The summed E-state index contributed by atoms with van der Waals surface area (Å²) < 4.78 is 40.6. The molecule has 3 aromatic heterocycles. The predicted molar refractivity (Wildman–Crippen MR) is 79.5 cm³/mol. The maximum Gasteiger partial charge on any atom is 0.573 e. The number of pyridine rings is 2. The molecule has 0 aliphatic rings. The summed E-state index contributed by atoms with van der Waals surface area (Å²) in [4.78, 5) is 16.3. The molecule has 122 valence electrons. The van der Waals surface area contributed by atoms with Crippen LogP contribution in [0.2, 0.25) is 0 Å². The van der Waals surface area contributed by atoms with Gasteiger partial charge in [0.2, 0.25) is 0 Å². The van der Waals surface area contributed by atoms with E-state index in [1.54, 1.807) is 30.6 Å². The summed E-state index contributed by atoms with van der Waals surface area (Å²) >= 11 is 0. The second-order valence-corrected chi connectivity index (χ2v) is 4.56. The minimum absolute atomic E-state index is 0.160. The molecule has 9 heteroatoms. The van der Waals surface area contributed by atoms with Gasteiger partial charge in [0.05, 0.1) is 0 Å². The largest absolute Gasteiger partial charge is 0.573 e. The number of hydrogen-bond donors (Lipinski definition) is 1. The Morgan fingerprint density at radius 2 is 1.79 bits per heavy atom. The van der Waals surface area contributed by atoms with Crippen molar-refractivity contribution in [3.63, 3.8) is 0 Å². The average molecular weight is 333 g/mol. The van der Waals surface area contributed by atoms with Crippen LogP contribution in [0.4, 0.5) is 24.8 Å². The highest BCUT2D eigenvalue weighted by Crippen LogP contribution is 2.25. The van der Waals surface area contributed by atoms with Crippen LogP contribution in [0.1, 0.15) is 0 Å². The monoisotopic (exact) mass is 333 g/mol. The van der Waals surface area contributed by atoms with Crippen LogP contribution in [-0.2, 0) is 0 Å². The van der Waals surface area contributed by atoms with Crippen molar-refractivity contribution in [1.82, 2.24) is 19.9 Å². The van der Waals surface area contributed by atoms with Crippen molar-refractivity contribution in [2.24, 2.45) is 0 Å². The van der Waals surface area contributed by atoms with Crippen LogP contribution in [0.5, 0.6) is 5.75 Å². The number of nitrogens with one attached hydrogen (secondary N) is 1. The van der Waals surface area contributed by atoms with Gasteiger partial charge in [0.15, 0.2) is 5.82 Å². The Kier molecular flexibility index (Phi) is 4.23. The Bertz CT molecular complexity index is 827. The molecule has 0 saturated carbocycles. The van der Waals surface area contributed by atoms with Crippen LogP contribution in [0.15, 0.2) is 55.1 Å². The minimum atomic E-state index is -4.76. The molecule has 0 spiro atoms. The number of nitrogens with zero attached hydrogens (tertiary/aromatic N) is 4. The topological polar surface area (TPSA) is 72.8 Å². The van der Waals surface area contributed by atoms with Crippen LogP contribution in [0, 0.1) is 0 Å². The molecular formula is C15H10F3N5O. The lowest BCUT2D eigenvalue weighted by molar-refractivity contribution is -0.274. The maximum atomic E-state index is 12.3. The quantitative estimate of drug-likeness (QED) is 0.787. The molecule has 0 atom stereocenters. The lowest BCUT2D eigenvalue weighted by Crippen LogP contribution is -2.17. The van der Waals surface area contributed by atoms with Crippen LogP contribution in [0.25, 0.3) is 11.4 Å². The van der Waals surface area contributed by atoms with E-state index < -0.39 is 6.36 Å². The van der Waals surface area contributed by atoms with Gasteiger partial charge in [-0.25, -0.2) is 15.0 Å². The van der Waals surface area contributed by atoms with Gasteiger partial charge in [-0.3, -0.25) is 4.98 Å². The summed E-state index contributed by atoms with van der Waals surface area (Å²) in [5.41, 5.74) is 0.711. The third-order valence-electron chi connectivity index (χ3n) is 2.80. The van der Waals surface area contributed by atoms with Crippen molar-refractivity contribution >= 4 is 11.6 Å². The molecule has 0 bridgehead atoms. The number of rotatable bonds is 4. The van der Waals surface area contributed by atoms with Crippen molar-refractivity contribution < 1.29 is 17.9 Å². The lowest BCUT2D eigenvalue weighted by atomic mass is 10.3. The van der Waals surface area contributed by atoms with Gasteiger partial charge in [0.1, 0.15) is 17.4 Å². The van der Waals surface area contributed by atoms with Crippen molar-refractivity contribution in [3.05, 3.63) is 55.1 Å². The van der Waals surface area contributed by atoms with Crippen molar-refractivity contribution in [2.75, 3.05) is 5.32 Å². The van der Waals surface area contributed by atoms with Gasteiger partial charge in [0, 0.05) is 36.4 Å². The van der Waals surface area contributed by atoms with Crippen molar-refractivity contribution in [2.45, 2.75) is 6.36 Å². The molecule has 0 fully saturated rings. The summed E-state index contributed by atoms with van der Waals surface area (Å²) in [6, 6.07) is 7.35. The smallest absolute Gasteiger partial charge is 0.406 e. The second-order valence-electron chi connectivity index (χ2n) is 4.56. The first-order valence-electron chi connectivity index (χ1n) is 6.72. The summed E-state index contributed by atoms with van der Waals surface area (Å²) in [6.07, 6.45) is 1.19. The van der Waals surface area contributed by atoms with Gasteiger partial charge in [-0.15, -0.1) is 13.2 Å². The van der Waals surface area contributed by atoms with E-state index in [0.29, 0.717) is 17.2 Å². The molecule has 24 heavy (non-hydrogen) atoms. The van der Waals surface area contributed by atoms with E-state index >= 15 is 0 Å². The zero-order chi connectivity index (χ0) is 17.0. The van der Waals surface area contributed by atoms with Gasteiger partial charge in [-0.2, -0.15) is 0 Å². The number of anilines is 2. The van der Waals surface area contributed by atoms with Crippen molar-refractivity contribution in [1.29, 1.82) is 0 Å². The molecule has 0 aromatic carbocycles. The molecule has 0 saturated heterocycles. The molecule has 0 aliphatic heterocycles. The summed E-state index contributed by atoms with van der Waals surface area (Å²) in [5.74, 6) is 0.588. The maximum absolute atomic E-state index is 12.3. The average Bonchev–Trinajstić information content (AvgIpc) is 2.55. The van der Waals surface area contributed by atoms with Gasteiger partial charge < -0.3 is 10.1 Å². The molecule has 3 rings (SSSR count). The zero-order valence-corrected chi connectivity index (χ0v) is 12.0. The molecule has 3 heterocycles. The molecule has 0 radical (unpaired) electrons. The summed E-state index contributed by atoms with van der Waals surface area (Å²) in [7, 11) is 0. The Morgan fingerprint density at radius 1 is 0.958 bits per heavy atom. The SMILES string of the molecule is FC(F)(F)Oc1ccnc(Nc2ccnc(-c3cccnc3)n2)c1. The molecule has 3 aromatic rings. The van der Waals surface area contributed by atoms with E-state index in [4.69, 9.17) is 0 Å². The van der Waals surface area contributed by atoms with Crippen molar-refractivity contribution in [3.8, 4) is 17.1 Å². The van der Waals surface area contributed by atoms with E-state index in [1.807, 2.05) is 0 Å².